The highest BCUT2D eigenvalue weighted by atomic mass is 127. The molecule has 3 rings (SSSR count). The van der Waals surface area contributed by atoms with Gasteiger partial charge >= 0.3 is 0 Å². The normalized spacial score (nSPS) is 10.8. The molecule has 1 heterocycles. The highest BCUT2D eigenvalue weighted by molar-refractivity contribution is 5.77. The van der Waals surface area contributed by atoms with Crippen LogP contribution in [0.4, 0.5) is 4.39 Å². The van der Waals surface area contributed by atoms with E-state index in [1.165, 1.54) is 17.5 Å². The summed E-state index contributed by atoms with van der Waals surface area (Å²) in [6, 6.07) is 16.6. The van der Waals surface area contributed by atoms with Gasteiger partial charge in [-0.1, -0.05) is 18.2 Å². The zero-order valence-electron chi connectivity index (χ0n) is 12.0. The van der Waals surface area contributed by atoms with Crippen molar-refractivity contribution in [3.8, 4) is 5.75 Å². The lowest BCUT2D eigenvalue weighted by atomic mass is 10.1. The number of para-hydroxylation sites is 1. The Balaban J connectivity index is 0.00000176. The molecule has 0 fully saturated rings. The summed E-state index contributed by atoms with van der Waals surface area (Å²) in [5.41, 5.74) is 2.86. The minimum absolute atomic E-state index is 0. The first-order valence-corrected chi connectivity index (χ1v) is 6.69. The molecule has 0 radical (unpaired) electrons. The van der Waals surface area contributed by atoms with E-state index in [2.05, 4.69) is 22.8 Å². The van der Waals surface area contributed by atoms with Crippen molar-refractivity contribution in [1.29, 1.82) is 0 Å². The molecule has 2 aromatic carbocycles. The molecule has 0 amide bonds. The van der Waals surface area contributed by atoms with Gasteiger partial charge in [0.15, 0.2) is 11.6 Å². The van der Waals surface area contributed by atoms with Gasteiger partial charge in [0.2, 0.25) is 11.2 Å². The summed E-state index contributed by atoms with van der Waals surface area (Å²) in [5, 5.41) is 10.4. The fraction of sp³-hybridized carbons (Fsp3) is 0.0556. The molecule has 0 atom stereocenters. The third-order valence-corrected chi connectivity index (χ3v) is 3.54. The molecule has 0 spiro atoms. The topological polar surface area (TPSA) is 24.1 Å². The minimum atomic E-state index is -0.611. The zero-order chi connectivity index (χ0) is 14.8. The van der Waals surface area contributed by atoms with Gasteiger partial charge < -0.3 is 29.1 Å². The van der Waals surface area contributed by atoms with Crippen LogP contribution >= 0.6 is 0 Å². The fourth-order valence-electron chi connectivity index (χ4n) is 2.34. The van der Waals surface area contributed by atoms with Crippen LogP contribution in [0.3, 0.4) is 0 Å². The van der Waals surface area contributed by atoms with E-state index in [9.17, 15) is 9.50 Å². The van der Waals surface area contributed by atoms with E-state index >= 15 is 0 Å². The molecule has 4 heteroatoms. The van der Waals surface area contributed by atoms with Gasteiger partial charge in [0.25, 0.3) is 0 Å². The zero-order valence-corrected chi connectivity index (χ0v) is 14.2. The van der Waals surface area contributed by atoms with E-state index in [0.717, 1.165) is 11.2 Å². The SMILES string of the molecule is C[n+]1c(/C=C/c2ccc(O)c(F)c2)ccc2ccccc21.[I-]. The largest absolute Gasteiger partial charge is 1.00 e. The van der Waals surface area contributed by atoms with E-state index in [0.29, 0.717) is 5.56 Å². The van der Waals surface area contributed by atoms with Crippen molar-refractivity contribution in [2.45, 2.75) is 0 Å². The van der Waals surface area contributed by atoms with Crippen LogP contribution in [0, 0.1) is 5.82 Å². The maximum atomic E-state index is 13.3. The Kier molecular flexibility index (Phi) is 5.13. The molecule has 112 valence electrons. The van der Waals surface area contributed by atoms with Crippen molar-refractivity contribution < 1.29 is 38.0 Å². The summed E-state index contributed by atoms with van der Waals surface area (Å²) in [5.74, 6) is -0.941. The molecule has 0 unspecified atom stereocenters. The second-order valence-corrected chi connectivity index (χ2v) is 4.92. The number of hydrogen-bond donors (Lipinski definition) is 1. The maximum absolute atomic E-state index is 13.3. The van der Waals surface area contributed by atoms with Crippen LogP contribution in [0.1, 0.15) is 11.3 Å². The van der Waals surface area contributed by atoms with Crippen molar-refractivity contribution in [3.05, 3.63) is 71.7 Å². The Morgan fingerprint density at radius 2 is 1.77 bits per heavy atom. The standard InChI is InChI=1S/C18H14FNO.HI/c1-20-15(10-8-14-4-2-3-5-17(14)20)9-6-13-7-11-18(21)16(19)12-13;/h2-12H,1H3;1H. The number of nitrogens with zero attached hydrogens (tertiary/aromatic N) is 1. The highest BCUT2D eigenvalue weighted by Gasteiger charge is 2.08. The van der Waals surface area contributed by atoms with Gasteiger partial charge in [-0.05, 0) is 35.9 Å². The molecule has 1 N–H and O–H groups in total. The number of aromatic hydroxyl groups is 1. The predicted octanol–water partition coefficient (Wildman–Crippen LogP) is 0.683. The van der Waals surface area contributed by atoms with Gasteiger partial charge in [0.05, 0.1) is 0 Å². The Labute approximate surface area is 145 Å². The van der Waals surface area contributed by atoms with Crippen molar-refractivity contribution in [1.82, 2.24) is 0 Å². The summed E-state index contributed by atoms with van der Waals surface area (Å²) in [7, 11) is 2.00. The smallest absolute Gasteiger partial charge is 0.212 e. The summed E-state index contributed by atoms with van der Waals surface area (Å²) in [6.45, 7) is 0. The number of benzene rings is 2. The van der Waals surface area contributed by atoms with Crippen molar-refractivity contribution in [2.75, 3.05) is 0 Å². The van der Waals surface area contributed by atoms with Crippen molar-refractivity contribution in [2.24, 2.45) is 7.05 Å². The predicted molar refractivity (Wildman–Crippen MR) is 82.1 cm³/mol. The lowest BCUT2D eigenvalue weighted by molar-refractivity contribution is -0.646. The molecule has 0 aliphatic heterocycles. The fourth-order valence-corrected chi connectivity index (χ4v) is 2.34. The van der Waals surface area contributed by atoms with Crippen molar-refractivity contribution >= 4 is 23.1 Å². The van der Waals surface area contributed by atoms with Crippen molar-refractivity contribution in [3.63, 3.8) is 0 Å². The van der Waals surface area contributed by atoms with Crippen LogP contribution in [0.25, 0.3) is 23.1 Å². The minimum Gasteiger partial charge on any atom is -1.00 e. The van der Waals surface area contributed by atoms with Gasteiger partial charge in [0.1, 0.15) is 7.05 Å². The second kappa shape index (κ2) is 6.87. The number of fused-ring (bicyclic) bond motifs is 1. The number of rotatable bonds is 2. The average Bonchev–Trinajstić information content (AvgIpc) is 2.50. The first-order valence-electron chi connectivity index (χ1n) is 6.69. The van der Waals surface area contributed by atoms with E-state index in [1.54, 1.807) is 6.07 Å². The molecule has 1 aromatic heterocycles. The molecule has 0 aliphatic carbocycles. The first-order chi connectivity index (χ1) is 10.1. The summed E-state index contributed by atoms with van der Waals surface area (Å²) in [6.07, 6.45) is 3.75. The van der Waals surface area contributed by atoms with Crippen LogP contribution in [0.2, 0.25) is 0 Å². The summed E-state index contributed by atoms with van der Waals surface area (Å²) < 4.78 is 15.4. The van der Waals surface area contributed by atoms with E-state index in [1.807, 2.05) is 37.4 Å². The number of aryl methyl sites for hydroxylation is 1. The van der Waals surface area contributed by atoms with Crippen LogP contribution in [-0.4, -0.2) is 5.11 Å². The van der Waals surface area contributed by atoms with E-state index in [4.69, 9.17) is 0 Å². The third kappa shape index (κ3) is 3.27. The molecule has 0 saturated heterocycles. The Morgan fingerprint density at radius 1 is 1.00 bits per heavy atom. The Morgan fingerprint density at radius 3 is 2.55 bits per heavy atom. The molecule has 22 heavy (non-hydrogen) atoms. The van der Waals surface area contributed by atoms with Crippen LogP contribution in [-0.2, 0) is 7.05 Å². The molecule has 0 aliphatic rings. The van der Waals surface area contributed by atoms with E-state index < -0.39 is 5.82 Å². The Bertz CT molecular complexity index is 846. The van der Waals surface area contributed by atoms with Gasteiger partial charge in [-0.2, -0.15) is 4.57 Å². The van der Waals surface area contributed by atoms with Crippen LogP contribution < -0.4 is 28.5 Å². The van der Waals surface area contributed by atoms with Crippen LogP contribution in [0.15, 0.2) is 54.6 Å². The average molecular weight is 407 g/mol. The number of phenolic OH excluding ortho intramolecular Hbond substituents is 1. The molecule has 0 bridgehead atoms. The van der Waals surface area contributed by atoms with Gasteiger partial charge in [0, 0.05) is 23.6 Å². The van der Waals surface area contributed by atoms with Gasteiger partial charge in [-0.25, -0.2) is 4.39 Å². The summed E-state index contributed by atoms with van der Waals surface area (Å²) >= 11 is 0. The molecular weight excluding hydrogens is 392 g/mol. The van der Waals surface area contributed by atoms with E-state index in [-0.39, 0.29) is 29.7 Å². The molecule has 0 saturated carbocycles. The molecular formula is C18H15FINO. The summed E-state index contributed by atoms with van der Waals surface area (Å²) in [4.78, 5) is 0. The maximum Gasteiger partial charge on any atom is 0.212 e. The van der Waals surface area contributed by atoms with Gasteiger partial charge in [-0.15, -0.1) is 0 Å². The number of pyridine rings is 1. The first kappa shape index (κ1) is 16.4. The van der Waals surface area contributed by atoms with Crippen LogP contribution in [0.5, 0.6) is 5.75 Å². The third-order valence-electron chi connectivity index (χ3n) is 3.54. The lowest BCUT2D eigenvalue weighted by Crippen LogP contribution is -3.00. The number of phenols is 1. The quantitative estimate of drug-likeness (QED) is 0.491. The molecule has 3 aromatic rings. The second-order valence-electron chi connectivity index (χ2n) is 4.92. The van der Waals surface area contributed by atoms with Gasteiger partial charge in [-0.3, -0.25) is 0 Å². The number of halogens is 2. The number of aromatic nitrogens is 1. The lowest BCUT2D eigenvalue weighted by Gasteiger charge is -2.00. The number of hydrogen-bond acceptors (Lipinski definition) is 1. The monoisotopic (exact) mass is 407 g/mol. The highest BCUT2D eigenvalue weighted by Crippen LogP contribution is 2.18. The molecule has 2 nitrogen and oxygen atoms in total. The Hall–Kier alpha value is -1.95.